The lowest BCUT2D eigenvalue weighted by atomic mass is 10.3. The molecule has 1 N–H and O–H groups in total. The number of hydrogen-bond donors (Lipinski definition) is 1. The summed E-state index contributed by atoms with van der Waals surface area (Å²) >= 11 is 6.15. The Morgan fingerprint density at radius 1 is 1.00 bits per heavy atom. The van der Waals surface area contributed by atoms with E-state index in [2.05, 4.69) is 31.9 Å². The molecule has 3 nitrogen and oxygen atoms in total. The van der Waals surface area contributed by atoms with E-state index in [9.17, 15) is 21.6 Å². The predicted octanol–water partition coefficient (Wildman–Crippen LogP) is 4.43. The molecule has 9 heteroatoms. The van der Waals surface area contributed by atoms with Gasteiger partial charge in [0.25, 0.3) is 10.0 Å². The van der Waals surface area contributed by atoms with Gasteiger partial charge in [-0.05, 0) is 34.1 Å². The maximum Gasteiger partial charge on any atom is 0.263 e. The first-order chi connectivity index (χ1) is 9.70. The lowest BCUT2D eigenvalue weighted by molar-refractivity contribution is 0.498. The Labute approximate surface area is 135 Å². The van der Waals surface area contributed by atoms with Gasteiger partial charge in [0.05, 0.1) is 5.69 Å². The third-order valence-electron chi connectivity index (χ3n) is 2.42. The summed E-state index contributed by atoms with van der Waals surface area (Å²) in [7, 11) is -4.22. The number of nitrogens with one attached hydrogen (secondary N) is 1. The zero-order chi connectivity index (χ0) is 15.8. The van der Waals surface area contributed by atoms with Crippen LogP contribution >= 0.6 is 31.9 Å². The quantitative estimate of drug-likeness (QED) is 0.712. The van der Waals surface area contributed by atoms with Gasteiger partial charge in [-0.15, -0.1) is 0 Å². The maximum atomic E-state index is 13.5. The largest absolute Gasteiger partial charge is 0.276 e. The number of anilines is 1. The Hall–Kier alpha value is -1.06. The minimum atomic E-state index is -4.22. The molecule has 0 unspecified atom stereocenters. The molecule has 0 aliphatic heterocycles. The standard InChI is InChI=1S/C12H6Br2F3NO2S/c13-6-1-2-8(14)11(3-6)21(19,20)18-10-5-7(15)4-9(16)12(10)17/h1-5,18H. The third kappa shape index (κ3) is 3.58. The Kier molecular flexibility index (Phi) is 4.64. The molecule has 112 valence electrons. The first-order valence-corrected chi connectivity index (χ1v) is 8.40. The van der Waals surface area contributed by atoms with Crippen molar-refractivity contribution in [1.82, 2.24) is 0 Å². The molecular formula is C12H6Br2F3NO2S. The van der Waals surface area contributed by atoms with Crippen LogP contribution < -0.4 is 4.72 Å². The Balaban J connectivity index is 2.50. The molecule has 0 radical (unpaired) electrons. The van der Waals surface area contributed by atoms with Gasteiger partial charge in [0, 0.05) is 21.1 Å². The zero-order valence-electron chi connectivity index (χ0n) is 10.0. The van der Waals surface area contributed by atoms with Gasteiger partial charge in [0.15, 0.2) is 11.6 Å². The molecule has 0 amide bonds. The third-order valence-corrected chi connectivity index (χ3v) is 5.27. The second kappa shape index (κ2) is 5.98. The number of halogens is 5. The first kappa shape index (κ1) is 16.3. The smallest absolute Gasteiger partial charge is 0.263 e. The van der Waals surface area contributed by atoms with Crippen LogP contribution in [0.25, 0.3) is 0 Å². The summed E-state index contributed by atoms with van der Waals surface area (Å²) in [5.74, 6) is -4.06. The summed E-state index contributed by atoms with van der Waals surface area (Å²) in [4.78, 5) is -0.207. The van der Waals surface area contributed by atoms with Gasteiger partial charge in [-0.3, -0.25) is 4.72 Å². The summed E-state index contributed by atoms with van der Waals surface area (Å²) in [6, 6.07) is 5.19. The summed E-state index contributed by atoms with van der Waals surface area (Å²) in [5.41, 5.74) is -0.806. The Morgan fingerprint density at radius 2 is 1.67 bits per heavy atom. The van der Waals surface area contributed by atoms with Crippen molar-refractivity contribution in [1.29, 1.82) is 0 Å². The van der Waals surface area contributed by atoms with E-state index in [1.165, 1.54) is 12.1 Å². The second-order valence-corrected chi connectivity index (χ2v) is 7.35. The highest BCUT2D eigenvalue weighted by atomic mass is 79.9. The number of rotatable bonds is 3. The van der Waals surface area contributed by atoms with Gasteiger partial charge in [-0.1, -0.05) is 15.9 Å². The minimum Gasteiger partial charge on any atom is -0.276 e. The maximum absolute atomic E-state index is 13.5. The van der Waals surface area contributed by atoms with E-state index in [-0.39, 0.29) is 9.37 Å². The van der Waals surface area contributed by atoms with Crippen LogP contribution in [-0.4, -0.2) is 8.42 Å². The number of benzene rings is 2. The van der Waals surface area contributed by atoms with E-state index in [1.54, 1.807) is 6.07 Å². The normalized spacial score (nSPS) is 11.5. The SMILES string of the molecule is O=S(=O)(Nc1cc(F)cc(F)c1F)c1cc(Br)ccc1Br. The fraction of sp³-hybridized carbons (Fsp3) is 0. The van der Waals surface area contributed by atoms with E-state index in [0.29, 0.717) is 16.6 Å². The Morgan fingerprint density at radius 3 is 2.33 bits per heavy atom. The Bertz CT molecular complexity index is 812. The van der Waals surface area contributed by atoms with Gasteiger partial charge >= 0.3 is 0 Å². The highest BCUT2D eigenvalue weighted by Crippen LogP contribution is 2.28. The molecule has 0 spiro atoms. The predicted molar refractivity (Wildman–Crippen MR) is 79.0 cm³/mol. The molecular weight excluding hydrogens is 439 g/mol. The van der Waals surface area contributed by atoms with Crippen LogP contribution in [0.5, 0.6) is 0 Å². The molecule has 0 bridgehead atoms. The fourth-order valence-corrected chi connectivity index (χ4v) is 4.07. The van der Waals surface area contributed by atoms with Crippen molar-refractivity contribution in [2.75, 3.05) is 4.72 Å². The second-order valence-electron chi connectivity index (χ2n) is 3.93. The van der Waals surface area contributed by atoms with Crippen LogP contribution in [0, 0.1) is 17.5 Å². The van der Waals surface area contributed by atoms with Crippen molar-refractivity contribution in [2.45, 2.75) is 4.90 Å². The van der Waals surface area contributed by atoms with Crippen molar-refractivity contribution >= 4 is 47.6 Å². The molecule has 21 heavy (non-hydrogen) atoms. The van der Waals surface area contributed by atoms with Crippen molar-refractivity contribution in [3.8, 4) is 0 Å². The molecule has 0 fully saturated rings. The van der Waals surface area contributed by atoms with Crippen molar-refractivity contribution in [2.24, 2.45) is 0 Å². The highest BCUT2D eigenvalue weighted by molar-refractivity contribution is 9.11. The van der Waals surface area contributed by atoms with Crippen LogP contribution in [-0.2, 0) is 10.0 Å². The van der Waals surface area contributed by atoms with Gasteiger partial charge in [-0.2, -0.15) is 0 Å². The molecule has 0 heterocycles. The van der Waals surface area contributed by atoms with Gasteiger partial charge in [0.2, 0.25) is 0 Å². The first-order valence-electron chi connectivity index (χ1n) is 5.33. The number of hydrogen-bond acceptors (Lipinski definition) is 2. The van der Waals surface area contributed by atoms with E-state index in [1.807, 2.05) is 4.72 Å². The molecule has 0 saturated carbocycles. The van der Waals surface area contributed by atoms with E-state index in [0.717, 1.165) is 0 Å². The van der Waals surface area contributed by atoms with Crippen molar-refractivity contribution in [3.05, 3.63) is 56.7 Å². The molecule has 2 aromatic rings. The molecule has 0 aliphatic rings. The molecule has 2 aromatic carbocycles. The van der Waals surface area contributed by atoms with Gasteiger partial charge < -0.3 is 0 Å². The van der Waals surface area contributed by atoms with Gasteiger partial charge in [-0.25, -0.2) is 21.6 Å². The summed E-state index contributed by atoms with van der Waals surface area (Å²) in [6.07, 6.45) is 0. The average molecular weight is 445 g/mol. The lowest BCUT2D eigenvalue weighted by Gasteiger charge is -2.11. The van der Waals surface area contributed by atoms with Crippen molar-refractivity contribution < 1.29 is 21.6 Å². The van der Waals surface area contributed by atoms with Crippen LogP contribution in [0.3, 0.4) is 0 Å². The molecule has 2 rings (SSSR count). The topological polar surface area (TPSA) is 46.2 Å². The summed E-state index contributed by atoms with van der Waals surface area (Å²) < 4.78 is 66.5. The zero-order valence-corrected chi connectivity index (χ0v) is 14.0. The fourth-order valence-electron chi connectivity index (χ4n) is 1.51. The van der Waals surface area contributed by atoms with E-state index < -0.39 is 33.2 Å². The molecule has 0 saturated heterocycles. The lowest BCUT2D eigenvalue weighted by Crippen LogP contribution is -2.15. The van der Waals surface area contributed by atoms with Crippen LogP contribution in [0.4, 0.5) is 18.9 Å². The molecule has 0 atom stereocenters. The summed E-state index contributed by atoms with van der Waals surface area (Å²) in [6.45, 7) is 0. The molecule has 0 aliphatic carbocycles. The van der Waals surface area contributed by atoms with Crippen LogP contribution in [0.2, 0.25) is 0 Å². The molecule has 0 aromatic heterocycles. The van der Waals surface area contributed by atoms with E-state index >= 15 is 0 Å². The minimum absolute atomic E-state index is 0.207. The van der Waals surface area contributed by atoms with E-state index in [4.69, 9.17) is 0 Å². The van der Waals surface area contributed by atoms with Crippen LogP contribution in [0.1, 0.15) is 0 Å². The monoisotopic (exact) mass is 443 g/mol. The number of sulfonamides is 1. The van der Waals surface area contributed by atoms with Crippen molar-refractivity contribution in [3.63, 3.8) is 0 Å². The van der Waals surface area contributed by atoms with Crippen LogP contribution in [0.15, 0.2) is 44.2 Å². The average Bonchev–Trinajstić information content (AvgIpc) is 2.37. The highest BCUT2D eigenvalue weighted by Gasteiger charge is 2.21. The van der Waals surface area contributed by atoms with Gasteiger partial charge in [0.1, 0.15) is 10.7 Å². The summed E-state index contributed by atoms with van der Waals surface area (Å²) in [5, 5.41) is 0.